The predicted molar refractivity (Wildman–Crippen MR) is 90.5 cm³/mol. The van der Waals surface area contributed by atoms with E-state index in [0.717, 1.165) is 36.8 Å². The molecule has 3 rings (SSSR count). The van der Waals surface area contributed by atoms with Crippen molar-refractivity contribution in [3.63, 3.8) is 0 Å². The minimum Gasteiger partial charge on any atom is -0.357 e. The van der Waals surface area contributed by atoms with Gasteiger partial charge in [-0.2, -0.15) is 4.98 Å². The van der Waals surface area contributed by atoms with Gasteiger partial charge in [-0.3, -0.25) is 4.90 Å². The van der Waals surface area contributed by atoms with Gasteiger partial charge >= 0.3 is 0 Å². The van der Waals surface area contributed by atoms with E-state index >= 15 is 0 Å². The fourth-order valence-electron chi connectivity index (χ4n) is 2.78. The Kier molecular flexibility index (Phi) is 3.75. The zero-order valence-corrected chi connectivity index (χ0v) is 14.0. The van der Waals surface area contributed by atoms with Crippen LogP contribution in [0.15, 0.2) is 11.4 Å². The monoisotopic (exact) mass is 305 g/mol. The highest BCUT2D eigenvalue weighted by Crippen LogP contribution is 2.30. The Morgan fingerprint density at radius 3 is 2.48 bits per heavy atom. The molecule has 1 N–H and O–H groups in total. The number of rotatable bonds is 2. The normalized spacial score (nSPS) is 17.4. The van der Waals surface area contributed by atoms with Crippen LogP contribution in [0, 0.1) is 0 Å². The Labute approximate surface area is 130 Å². The van der Waals surface area contributed by atoms with E-state index in [1.165, 1.54) is 5.39 Å². The fraction of sp³-hybridized carbons (Fsp3) is 0.600. The van der Waals surface area contributed by atoms with Crippen molar-refractivity contribution in [3.8, 4) is 0 Å². The molecule has 114 valence electrons. The minimum absolute atomic E-state index is 0.242. The van der Waals surface area contributed by atoms with E-state index in [1.807, 2.05) is 7.05 Å². The van der Waals surface area contributed by atoms with Gasteiger partial charge in [0, 0.05) is 38.8 Å². The predicted octanol–water partition coefficient (Wildman–Crippen LogP) is 2.65. The van der Waals surface area contributed by atoms with Gasteiger partial charge < -0.3 is 10.2 Å². The molecule has 1 fully saturated rings. The first kappa shape index (κ1) is 14.5. The first-order chi connectivity index (χ1) is 9.99. The van der Waals surface area contributed by atoms with Gasteiger partial charge in [-0.25, -0.2) is 4.98 Å². The topological polar surface area (TPSA) is 44.3 Å². The molecule has 0 saturated carbocycles. The number of aromatic nitrogens is 2. The van der Waals surface area contributed by atoms with Crippen molar-refractivity contribution < 1.29 is 0 Å². The summed E-state index contributed by atoms with van der Waals surface area (Å²) in [4.78, 5) is 15.2. The van der Waals surface area contributed by atoms with Crippen molar-refractivity contribution in [2.75, 3.05) is 43.4 Å². The molecule has 1 aliphatic heterocycles. The average molecular weight is 305 g/mol. The van der Waals surface area contributed by atoms with Gasteiger partial charge in [0.2, 0.25) is 5.95 Å². The van der Waals surface area contributed by atoms with Crippen molar-refractivity contribution in [2.24, 2.45) is 0 Å². The second kappa shape index (κ2) is 5.42. The molecule has 0 aromatic carbocycles. The SMILES string of the molecule is CNc1nc(N2CCN(C(C)(C)C)CC2)c2ccsc2n1. The summed E-state index contributed by atoms with van der Waals surface area (Å²) < 4.78 is 0. The Morgan fingerprint density at radius 2 is 1.86 bits per heavy atom. The molecule has 0 radical (unpaired) electrons. The van der Waals surface area contributed by atoms with Crippen LogP contribution in [0.5, 0.6) is 0 Å². The third-order valence-electron chi connectivity index (χ3n) is 4.06. The third-order valence-corrected chi connectivity index (χ3v) is 4.86. The molecule has 1 aliphatic rings. The lowest BCUT2D eigenvalue weighted by Gasteiger charge is -2.42. The molecule has 1 saturated heterocycles. The Morgan fingerprint density at radius 1 is 1.14 bits per heavy atom. The van der Waals surface area contributed by atoms with Crippen LogP contribution in [0.25, 0.3) is 10.2 Å². The maximum atomic E-state index is 4.69. The van der Waals surface area contributed by atoms with E-state index in [4.69, 9.17) is 4.98 Å². The van der Waals surface area contributed by atoms with Crippen molar-refractivity contribution >= 4 is 33.3 Å². The number of nitrogens with one attached hydrogen (secondary N) is 1. The zero-order valence-electron chi connectivity index (χ0n) is 13.2. The Hall–Kier alpha value is -1.40. The summed E-state index contributed by atoms with van der Waals surface area (Å²) in [5, 5.41) is 6.33. The van der Waals surface area contributed by atoms with Crippen LogP contribution in [-0.2, 0) is 0 Å². The molecule has 2 aromatic rings. The van der Waals surface area contributed by atoms with E-state index in [-0.39, 0.29) is 5.54 Å². The maximum Gasteiger partial charge on any atom is 0.225 e. The molecule has 3 heterocycles. The molecule has 2 aromatic heterocycles. The summed E-state index contributed by atoms with van der Waals surface area (Å²) in [5.74, 6) is 1.78. The van der Waals surface area contributed by atoms with Crippen molar-refractivity contribution in [1.29, 1.82) is 0 Å². The number of thiophene rings is 1. The lowest BCUT2D eigenvalue weighted by molar-refractivity contribution is 0.128. The largest absolute Gasteiger partial charge is 0.357 e. The summed E-state index contributed by atoms with van der Waals surface area (Å²) in [6, 6.07) is 2.13. The van der Waals surface area contributed by atoms with Crippen molar-refractivity contribution in [1.82, 2.24) is 14.9 Å². The minimum atomic E-state index is 0.242. The molecule has 0 amide bonds. The van der Waals surface area contributed by atoms with Gasteiger partial charge in [-0.05, 0) is 32.2 Å². The summed E-state index contributed by atoms with van der Waals surface area (Å²) in [5.41, 5.74) is 0.242. The van der Waals surface area contributed by atoms with Crippen LogP contribution >= 0.6 is 11.3 Å². The number of anilines is 2. The molecule has 6 heteroatoms. The Balaban J connectivity index is 1.86. The number of fused-ring (bicyclic) bond motifs is 1. The second-order valence-corrected chi connectivity index (χ2v) is 7.30. The molecular formula is C15H23N5S. The van der Waals surface area contributed by atoms with Gasteiger partial charge in [-0.1, -0.05) is 0 Å². The molecule has 5 nitrogen and oxygen atoms in total. The van der Waals surface area contributed by atoms with Gasteiger partial charge in [0.05, 0.1) is 5.39 Å². The molecule has 21 heavy (non-hydrogen) atoms. The molecule has 0 aliphatic carbocycles. The van der Waals surface area contributed by atoms with E-state index in [1.54, 1.807) is 11.3 Å². The third kappa shape index (κ3) is 2.82. The van der Waals surface area contributed by atoms with E-state index in [9.17, 15) is 0 Å². The van der Waals surface area contributed by atoms with Gasteiger partial charge in [-0.15, -0.1) is 11.3 Å². The van der Waals surface area contributed by atoms with Crippen molar-refractivity contribution in [2.45, 2.75) is 26.3 Å². The van der Waals surface area contributed by atoms with Gasteiger partial charge in [0.1, 0.15) is 10.6 Å². The summed E-state index contributed by atoms with van der Waals surface area (Å²) in [6.07, 6.45) is 0. The van der Waals surface area contributed by atoms with Crippen LogP contribution in [0.2, 0.25) is 0 Å². The fourth-order valence-corrected chi connectivity index (χ4v) is 3.54. The standard InChI is InChI=1S/C15H23N5S/c1-15(2,3)20-8-6-19(7-9-20)12-11-5-10-21-13(11)18-14(16-4)17-12/h5,10H,6-9H2,1-4H3,(H,16,17,18). The Bertz CT molecular complexity index is 623. The first-order valence-electron chi connectivity index (χ1n) is 7.42. The van der Waals surface area contributed by atoms with Crippen LogP contribution in [0.1, 0.15) is 20.8 Å². The van der Waals surface area contributed by atoms with E-state index < -0.39 is 0 Å². The smallest absolute Gasteiger partial charge is 0.225 e. The van der Waals surface area contributed by atoms with Crippen LogP contribution in [0.4, 0.5) is 11.8 Å². The van der Waals surface area contributed by atoms with Gasteiger partial charge in [0.25, 0.3) is 0 Å². The van der Waals surface area contributed by atoms with Crippen molar-refractivity contribution in [3.05, 3.63) is 11.4 Å². The van der Waals surface area contributed by atoms with Gasteiger partial charge in [0.15, 0.2) is 0 Å². The van der Waals surface area contributed by atoms with Crippen LogP contribution in [-0.4, -0.2) is 53.6 Å². The quantitative estimate of drug-likeness (QED) is 0.924. The van der Waals surface area contributed by atoms with Crippen LogP contribution < -0.4 is 10.2 Å². The number of hydrogen-bond acceptors (Lipinski definition) is 6. The summed E-state index contributed by atoms with van der Waals surface area (Å²) >= 11 is 1.67. The first-order valence-corrected chi connectivity index (χ1v) is 8.30. The highest BCUT2D eigenvalue weighted by molar-refractivity contribution is 7.16. The molecule has 0 unspecified atom stereocenters. The molecular weight excluding hydrogens is 282 g/mol. The summed E-state index contributed by atoms with van der Waals surface area (Å²) in [6.45, 7) is 11.0. The lowest BCUT2D eigenvalue weighted by atomic mass is 10.0. The molecule has 0 bridgehead atoms. The zero-order chi connectivity index (χ0) is 15.0. The average Bonchev–Trinajstić information content (AvgIpc) is 2.93. The molecule has 0 atom stereocenters. The highest BCUT2D eigenvalue weighted by atomic mass is 32.1. The number of nitrogens with zero attached hydrogens (tertiary/aromatic N) is 4. The lowest BCUT2D eigenvalue weighted by Crippen LogP contribution is -2.53. The summed E-state index contributed by atoms with van der Waals surface area (Å²) in [7, 11) is 1.87. The maximum absolute atomic E-state index is 4.69. The van der Waals surface area contributed by atoms with E-state index in [2.05, 4.69) is 52.3 Å². The highest BCUT2D eigenvalue weighted by Gasteiger charge is 2.27. The van der Waals surface area contributed by atoms with E-state index in [0.29, 0.717) is 5.95 Å². The molecule has 0 spiro atoms. The van der Waals surface area contributed by atoms with Crippen LogP contribution in [0.3, 0.4) is 0 Å². The second-order valence-electron chi connectivity index (χ2n) is 6.41. The number of piperazine rings is 1. The number of hydrogen-bond donors (Lipinski definition) is 1.